The first-order valence-electron chi connectivity index (χ1n) is 10.4. The lowest BCUT2D eigenvalue weighted by Crippen LogP contribution is -2.45. The number of rotatable bonds is 5. The van der Waals surface area contributed by atoms with Crippen molar-refractivity contribution in [3.05, 3.63) is 53.1 Å². The van der Waals surface area contributed by atoms with Gasteiger partial charge >= 0.3 is 0 Å². The van der Waals surface area contributed by atoms with Crippen molar-refractivity contribution in [1.29, 1.82) is 0 Å². The quantitative estimate of drug-likeness (QED) is 0.818. The molecule has 160 valence electrons. The molecule has 2 aromatic rings. The summed E-state index contributed by atoms with van der Waals surface area (Å²) in [5.74, 6) is 2.37. The van der Waals surface area contributed by atoms with Crippen molar-refractivity contribution in [1.82, 2.24) is 10.2 Å². The fraction of sp³-hybridized carbons (Fsp3) is 0.458. The minimum Gasteiger partial charge on any atom is -0.493 e. The minimum absolute atomic E-state index is 0.0384. The lowest BCUT2D eigenvalue weighted by molar-refractivity contribution is -0.123. The number of ether oxygens (including phenoxy) is 3. The van der Waals surface area contributed by atoms with Crippen LogP contribution < -0.4 is 19.5 Å². The lowest BCUT2D eigenvalue weighted by Gasteiger charge is -2.38. The van der Waals surface area contributed by atoms with Gasteiger partial charge in [0.15, 0.2) is 11.5 Å². The summed E-state index contributed by atoms with van der Waals surface area (Å²) in [6.07, 6.45) is 1.63. The van der Waals surface area contributed by atoms with E-state index in [1.165, 1.54) is 11.1 Å². The zero-order valence-corrected chi connectivity index (χ0v) is 18.2. The number of methoxy groups -OCH3 is 2. The number of fused-ring (bicyclic) bond motifs is 2. The fourth-order valence-corrected chi connectivity index (χ4v) is 4.45. The molecule has 1 atom stereocenters. The maximum atomic E-state index is 12.9. The van der Waals surface area contributed by atoms with Crippen LogP contribution in [0.5, 0.6) is 17.2 Å². The van der Waals surface area contributed by atoms with Crippen LogP contribution in [0.25, 0.3) is 0 Å². The van der Waals surface area contributed by atoms with E-state index in [1.807, 2.05) is 36.4 Å². The average molecular weight is 411 g/mol. The summed E-state index contributed by atoms with van der Waals surface area (Å²) >= 11 is 0. The summed E-state index contributed by atoms with van der Waals surface area (Å²) in [5, 5.41) is 3.24. The van der Waals surface area contributed by atoms with E-state index < -0.39 is 0 Å². The van der Waals surface area contributed by atoms with E-state index in [1.54, 1.807) is 14.2 Å². The van der Waals surface area contributed by atoms with Gasteiger partial charge in [-0.2, -0.15) is 0 Å². The number of carbonyl (C=O) groups excluding carboxylic acids is 1. The van der Waals surface area contributed by atoms with Crippen LogP contribution in [0.15, 0.2) is 36.4 Å². The van der Waals surface area contributed by atoms with E-state index in [0.29, 0.717) is 6.54 Å². The largest absolute Gasteiger partial charge is 0.493 e. The van der Waals surface area contributed by atoms with Crippen molar-refractivity contribution >= 4 is 5.91 Å². The SMILES string of the molecule is COc1cc2c(cc1OC)CN(CC(=O)N[C@H]1CC(C)(C)Oc3ccccc31)CC2. The summed E-state index contributed by atoms with van der Waals surface area (Å²) in [5.41, 5.74) is 3.17. The summed E-state index contributed by atoms with van der Waals surface area (Å²) in [4.78, 5) is 15.1. The summed E-state index contributed by atoms with van der Waals surface area (Å²) in [6.45, 7) is 6.05. The Morgan fingerprint density at radius 1 is 1.17 bits per heavy atom. The second-order valence-electron chi connectivity index (χ2n) is 8.66. The van der Waals surface area contributed by atoms with Gasteiger partial charge in [0, 0.05) is 25.1 Å². The summed E-state index contributed by atoms with van der Waals surface area (Å²) in [7, 11) is 3.30. The number of para-hydroxylation sites is 1. The van der Waals surface area contributed by atoms with Gasteiger partial charge in [-0.15, -0.1) is 0 Å². The number of nitrogens with zero attached hydrogens (tertiary/aromatic N) is 1. The Balaban J connectivity index is 1.43. The molecule has 0 saturated carbocycles. The van der Waals surface area contributed by atoms with Crippen molar-refractivity contribution in [3.8, 4) is 17.2 Å². The topological polar surface area (TPSA) is 60.0 Å². The Hall–Kier alpha value is -2.73. The third-order valence-corrected chi connectivity index (χ3v) is 5.88. The second kappa shape index (κ2) is 8.19. The van der Waals surface area contributed by atoms with Crippen molar-refractivity contribution in [2.45, 2.75) is 44.9 Å². The van der Waals surface area contributed by atoms with Crippen LogP contribution in [-0.4, -0.2) is 43.7 Å². The van der Waals surface area contributed by atoms with Gasteiger partial charge in [-0.1, -0.05) is 18.2 Å². The maximum absolute atomic E-state index is 12.9. The van der Waals surface area contributed by atoms with Crippen LogP contribution in [0.2, 0.25) is 0 Å². The molecule has 1 amide bonds. The molecule has 0 aromatic heterocycles. The van der Waals surface area contributed by atoms with Gasteiger partial charge in [0.05, 0.1) is 26.8 Å². The molecule has 0 bridgehead atoms. The number of carbonyl (C=O) groups is 1. The first-order valence-corrected chi connectivity index (χ1v) is 10.4. The van der Waals surface area contributed by atoms with Crippen LogP contribution in [0.3, 0.4) is 0 Å². The summed E-state index contributed by atoms with van der Waals surface area (Å²) in [6, 6.07) is 12.0. The average Bonchev–Trinajstić information content (AvgIpc) is 2.71. The molecule has 1 N–H and O–H groups in total. The van der Waals surface area contributed by atoms with Crippen LogP contribution in [0, 0.1) is 0 Å². The molecule has 0 unspecified atom stereocenters. The number of amides is 1. The van der Waals surface area contributed by atoms with Crippen LogP contribution in [0.1, 0.15) is 43.0 Å². The minimum atomic E-state index is -0.314. The number of hydrogen-bond acceptors (Lipinski definition) is 5. The third-order valence-electron chi connectivity index (χ3n) is 5.88. The third kappa shape index (κ3) is 4.24. The Bertz CT molecular complexity index is 941. The molecule has 0 aliphatic carbocycles. The zero-order valence-electron chi connectivity index (χ0n) is 18.2. The maximum Gasteiger partial charge on any atom is 0.234 e. The van der Waals surface area contributed by atoms with Crippen molar-refractivity contribution in [2.75, 3.05) is 27.3 Å². The van der Waals surface area contributed by atoms with E-state index in [4.69, 9.17) is 14.2 Å². The van der Waals surface area contributed by atoms with Crippen molar-refractivity contribution in [3.63, 3.8) is 0 Å². The number of nitrogens with one attached hydrogen (secondary N) is 1. The normalized spacial score (nSPS) is 19.8. The predicted octanol–water partition coefficient (Wildman–Crippen LogP) is 3.48. The molecule has 0 fully saturated rings. The van der Waals surface area contributed by atoms with Gasteiger partial charge in [-0.25, -0.2) is 0 Å². The molecular formula is C24H30N2O4. The van der Waals surface area contributed by atoms with Gasteiger partial charge in [0.2, 0.25) is 5.91 Å². The van der Waals surface area contributed by atoms with E-state index in [9.17, 15) is 4.79 Å². The number of benzene rings is 2. The lowest BCUT2D eigenvalue weighted by atomic mass is 9.89. The molecule has 2 aliphatic heterocycles. The van der Waals surface area contributed by atoms with Crippen LogP contribution in [0.4, 0.5) is 0 Å². The molecule has 30 heavy (non-hydrogen) atoms. The van der Waals surface area contributed by atoms with Crippen LogP contribution in [-0.2, 0) is 17.8 Å². The van der Waals surface area contributed by atoms with Gasteiger partial charge in [0.1, 0.15) is 11.4 Å². The standard InChI is InChI=1S/C24H30N2O4/c1-24(2)13-19(18-7-5-6-8-20(18)30-24)25-23(27)15-26-10-9-16-11-21(28-3)22(29-4)12-17(16)14-26/h5-8,11-12,19H,9-10,13-15H2,1-4H3,(H,25,27)/t19-/m0/s1. The first kappa shape index (κ1) is 20.5. The monoisotopic (exact) mass is 410 g/mol. The second-order valence-corrected chi connectivity index (χ2v) is 8.66. The van der Waals surface area contributed by atoms with Crippen LogP contribution >= 0.6 is 0 Å². The predicted molar refractivity (Wildman–Crippen MR) is 115 cm³/mol. The molecule has 6 heteroatoms. The van der Waals surface area contributed by atoms with Gasteiger partial charge in [0.25, 0.3) is 0 Å². The molecule has 0 spiro atoms. The van der Waals surface area contributed by atoms with Gasteiger partial charge in [-0.05, 0) is 49.6 Å². The van der Waals surface area contributed by atoms with E-state index in [2.05, 4.69) is 24.1 Å². The molecule has 0 radical (unpaired) electrons. The van der Waals surface area contributed by atoms with Gasteiger partial charge < -0.3 is 19.5 Å². The highest BCUT2D eigenvalue weighted by molar-refractivity contribution is 5.78. The Morgan fingerprint density at radius 2 is 1.87 bits per heavy atom. The molecule has 0 saturated heterocycles. The Labute approximate surface area is 178 Å². The molecule has 2 heterocycles. The van der Waals surface area contributed by atoms with E-state index >= 15 is 0 Å². The van der Waals surface area contributed by atoms with Gasteiger partial charge in [-0.3, -0.25) is 9.69 Å². The van der Waals surface area contributed by atoms with E-state index in [0.717, 1.165) is 48.7 Å². The molecule has 2 aliphatic rings. The Kier molecular flexibility index (Phi) is 5.60. The zero-order chi connectivity index (χ0) is 21.3. The fourth-order valence-electron chi connectivity index (χ4n) is 4.45. The molecular weight excluding hydrogens is 380 g/mol. The molecule has 2 aromatic carbocycles. The van der Waals surface area contributed by atoms with Crippen molar-refractivity contribution in [2.24, 2.45) is 0 Å². The number of hydrogen-bond donors (Lipinski definition) is 1. The van der Waals surface area contributed by atoms with Crippen molar-refractivity contribution < 1.29 is 19.0 Å². The first-order chi connectivity index (χ1) is 14.4. The Morgan fingerprint density at radius 3 is 2.60 bits per heavy atom. The highest BCUT2D eigenvalue weighted by Gasteiger charge is 2.34. The highest BCUT2D eigenvalue weighted by Crippen LogP contribution is 2.39. The molecule has 4 rings (SSSR count). The van der Waals surface area contributed by atoms with E-state index in [-0.39, 0.29) is 17.6 Å². The molecule has 6 nitrogen and oxygen atoms in total. The summed E-state index contributed by atoms with van der Waals surface area (Å²) < 4.78 is 16.9. The smallest absolute Gasteiger partial charge is 0.234 e. The highest BCUT2D eigenvalue weighted by atomic mass is 16.5.